The first-order valence-electron chi connectivity index (χ1n) is 6.00. The molecule has 0 radical (unpaired) electrons. The maximum Gasteiger partial charge on any atom is 0.227 e. The minimum atomic E-state index is -0.384. The molecule has 1 unspecified atom stereocenters. The monoisotopic (exact) mass is 257 g/mol. The molecule has 0 spiro atoms. The maximum atomic E-state index is 10.8. The van der Waals surface area contributed by atoms with Gasteiger partial charge in [-0.05, 0) is 30.2 Å². The van der Waals surface area contributed by atoms with Gasteiger partial charge in [-0.2, -0.15) is 0 Å². The van der Waals surface area contributed by atoms with E-state index in [2.05, 4.69) is 10.3 Å². The average Bonchev–Trinajstić information content (AvgIpc) is 2.41. The van der Waals surface area contributed by atoms with Crippen LogP contribution in [-0.2, 0) is 0 Å². The van der Waals surface area contributed by atoms with Gasteiger partial charge in [0.05, 0.1) is 0 Å². The Kier molecular flexibility index (Phi) is 4.07. The number of para-hydroxylation sites is 1. The number of aryl methyl sites for hydroxylation is 1. The zero-order valence-corrected chi connectivity index (χ0v) is 10.6. The van der Waals surface area contributed by atoms with Gasteiger partial charge >= 0.3 is 0 Å². The molecule has 5 nitrogen and oxygen atoms in total. The summed E-state index contributed by atoms with van der Waals surface area (Å²) in [6.45, 7) is 1.79. The van der Waals surface area contributed by atoms with Crippen LogP contribution in [-0.4, -0.2) is 16.5 Å². The van der Waals surface area contributed by atoms with Gasteiger partial charge in [0, 0.05) is 23.0 Å². The molecule has 0 aliphatic rings. The highest BCUT2D eigenvalue weighted by Crippen LogP contribution is 2.21. The van der Waals surface area contributed by atoms with Gasteiger partial charge in [-0.3, -0.25) is 15.1 Å². The summed E-state index contributed by atoms with van der Waals surface area (Å²) in [6, 6.07) is 11.0. The second-order valence-electron chi connectivity index (χ2n) is 4.31. The Bertz CT molecular complexity index is 558. The molecule has 0 bridgehead atoms. The summed E-state index contributed by atoms with van der Waals surface area (Å²) in [4.78, 5) is 14.5. The summed E-state index contributed by atoms with van der Waals surface area (Å²) in [5, 5.41) is 14.0. The third kappa shape index (κ3) is 3.51. The summed E-state index contributed by atoms with van der Waals surface area (Å²) >= 11 is 0. The van der Waals surface area contributed by atoms with Crippen molar-refractivity contribution in [3.63, 3.8) is 0 Å². The standard InChI is InChI=1S/C14H15N3O2/c1-11-5-2-3-7-13(11)16-14(10-17(18)19)12-6-4-8-15-9-12/h2-9,14,16H,10H2,1H3. The van der Waals surface area contributed by atoms with Crippen molar-refractivity contribution in [2.24, 2.45) is 0 Å². The van der Waals surface area contributed by atoms with E-state index in [1.807, 2.05) is 37.3 Å². The molecule has 5 heteroatoms. The minimum Gasteiger partial charge on any atom is -0.372 e. The molecule has 0 saturated heterocycles. The summed E-state index contributed by atoms with van der Waals surface area (Å²) in [7, 11) is 0. The maximum absolute atomic E-state index is 10.8. The van der Waals surface area contributed by atoms with Crippen molar-refractivity contribution in [3.05, 3.63) is 70.0 Å². The van der Waals surface area contributed by atoms with E-state index in [1.165, 1.54) is 0 Å². The number of benzene rings is 1. The predicted octanol–water partition coefficient (Wildman–Crippen LogP) is 2.82. The minimum absolute atomic E-state index is 0.181. The first-order valence-corrected chi connectivity index (χ1v) is 6.00. The van der Waals surface area contributed by atoms with Crippen LogP contribution in [0.4, 0.5) is 5.69 Å². The van der Waals surface area contributed by atoms with Crippen LogP contribution in [0, 0.1) is 17.0 Å². The molecule has 1 aromatic heterocycles. The van der Waals surface area contributed by atoms with E-state index in [-0.39, 0.29) is 17.5 Å². The van der Waals surface area contributed by atoms with E-state index < -0.39 is 0 Å². The van der Waals surface area contributed by atoms with Crippen LogP contribution in [0.1, 0.15) is 17.2 Å². The van der Waals surface area contributed by atoms with Crippen molar-refractivity contribution in [2.45, 2.75) is 13.0 Å². The number of anilines is 1. The van der Waals surface area contributed by atoms with Gasteiger partial charge in [0.1, 0.15) is 6.04 Å². The van der Waals surface area contributed by atoms with Crippen molar-refractivity contribution in [1.82, 2.24) is 4.98 Å². The Morgan fingerprint density at radius 2 is 2.11 bits per heavy atom. The van der Waals surface area contributed by atoms with Crippen LogP contribution in [0.2, 0.25) is 0 Å². The summed E-state index contributed by atoms with van der Waals surface area (Å²) in [6.07, 6.45) is 3.31. The molecule has 1 N–H and O–H groups in total. The molecule has 1 atom stereocenters. The van der Waals surface area contributed by atoms with E-state index >= 15 is 0 Å². The largest absolute Gasteiger partial charge is 0.372 e. The third-order valence-corrected chi connectivity index (χ3v) is 2.89. The molecule has 19 heavy (non-hydrogen) atoms. The number of aromatic nitrogens is 1. The van der Waals surface area contributed by atoms with Gasteiger partial charge in [0.25, 0.3) is 0 Å². The highest BCUT2D eigenvalue weighted by atomic mass is 16.6. The predicted molar refractivity (Wildman–Crippen MR) is 73.6 cm³/mol. The highest BCUT2D eigenvalue weighted by molar-refractivity contribution is 5.51. The number of hydrogen-bond acceptors (Lipinski definition) is 4. The Morgan fingerprint density at radius 1 is 1.32 bits per heavy atom. The normalized spacial score (nSPS) is 11.8. The molecule has 0 amide bonds. The van der Waals surface area contributed by atoms with E-state index in [0.717, 1.165) is 16.8 Å². The number of rotatable bonds is 5. The fourth-order valence-corrected chi connectivity index (χ4v) is 1.89. The van der Waals surface area contributed by atoms with Gasteiger partial charge in [0.2, 0.25) is 6.54 Å². The van der Waals surface area contributed by atoms with Crippen LogP contribution < -0.4 is 5.32 Å². The van der Waals surface area contributed by atoms with Crippen molar-refractivity contribution < 1.29 is 4.92 Å². The molecule has 1 heterocycles. The quantitative estimate of drug-likeness (QED) is 0.660. The molecule has 0 aliphatic carbocycles. The van der Waals surface area contributed by atoms with Gasteiger partial charge in [-0.25, -0.2) is 0 Å². The molecule has 0 fully saturated rings. The summed E-state index contributed by atoms with van der Waals surface area (Å²) in [5.74, 6) is 0. The number of nitrogens with zero attached hydrogens (tertiary/aromatic N) is 2. The number of nitro groups is 1. The average molecular weight is 257 g/mol. The van der Waals surface area contributed by atoms with Crippen LogP contribution in [0.25, 0.3) is 0 Å². The summed E-state index contributed by atoms with van der Waals surface area (Å²) < 4.78 is 0. The highest BCUT2D eigenvalue weighted by Gasteiger charge is 2.18. The smallest absolute Gasteiger partial charge is 0.227 e. The van der Waals surface area contributed by atoms with Crippen molar-refractivity contribution in [2.75, 3.05) is 11.9 Å². The molecular formula is C14H15N3O2. The Balaban J connectivity index is 2.24. The van der Waals surface area contributed by atoms with Crippen molar-refractivity contribution in [1.29, 1.82) is 0 Å². The molecule has 2 aromatic rings. The number of pyridine rings is 1. The van der Waals surface area contributed by atoms with E-state index in [0.29, 0.717) is 0 Å². The second kappa shape index (κ2) is 5.95. The van der Waals surface area contributed by atoms with Gasteiger partial charge < -0.3 is 5.32 Å². The SMILES string of the molecule is Cc1ccccc1NC(C[N+](=O)[O-])c1cccnc1. The Labute approximate surface area is 111 Å². The van der Waals surface area contributed by atoms with E-state index in [4.69, 9.17) is 0 Å². The first-order chi connectivity index (χ1) is 9.16. The molecule has 2 rings (SSSR count). The molecule has 98 valence electrons. The summed E-state index contributed by atoms with van der Waals surface area (Å²) in [5.41, 5.74) is 2.76. The number of hydrogen-bond donors (Lipinski definition) is 1. The molecule has 1 aromatic carbocycles. The number of nitrogens with one attached hydrogen (secondary N) is 1. The molecular weight excluding hydrogens is 242 g/mol. The fourth-order valence-electron chi connectivity index (χ4n) is 1.89. The zero-order valence-electron chi connectivity index (χ0n) is 10.6. The van der Waals surface area contributed by atoms with Crippen LogP contribution in [0.3, 0.4) is 0 Å². The van der Waals surface area contributed by atoms with Gasteiger partial charge in [-0.1, -0.05) is 24.3 Å². The van der Waals surface area contributed by atoms with Gasteiger partial charge in [0.15, 0.2) is 0 Å². The lowest BCUT2D eigenvalue weighted by Gasteiger charge is -2.17. The third-order valence-electron chi connectivity index (χ3n) is 2.89. The van der Waals surface area contributed by atoms with Crippen molar-refractivity contribution in [3.8, 4) is 0 Å². The second-order valence-corrected chi connectivity index (χ2v) is 4.31. The lowest BCUT2D eigenvalue weighted by Crippen LogP contribution is -2.20. The van der Waals surface area contributed by atoms with E-state index in [1.54, 1.807) is 18.5 Å². The molecule has 0 aliphatic heterocycles. The van der Waals surface area contributed by atoms with Crippen molar-refractivity contribution >= 4 is 5.69 Å². The van der Waals surface area contributed by atoms with Crippen LogP contribution in [0.15, 0.2) is 48.8 Å². The van der Waals surface area contributed by atoms with Gasteiger partial charge in [-0.15, -0.1) is 0 Å². The topological polar surface area (TPSA) is 68.1 Å². The van der Waals surface area contributed by atoms with Crippen LogP contribution in [0.5, 0.6) is 0 Å². The Morgan fingerprint density at radius 3 is 2.74 bits per heavy atom. The Hall–Kier alpha value is -2.43. The van der Waals surface area contributed by atoms with E-state index in [9.17, 15) is 10.1 Å². The van der Waals surface area contributed by atoms with Crippen LogP contribution >= 0.6 is 0 Å². The first kappa shape index (κ1) is 13.0. The molecule has 0 saturated carbocycles. The lowest BCUT2D eigenvalue weighted by molar-refractivity contribution is -0.482. The zero-order chi connectivity index (χ0) is 13.7. The fraction of sp³-hybridized carbons (Fsp3) is 0.214. The lowest BCUT2D eigenvalue weighted by atomic mass is 10.1.